The molecule has 0 spiro atoms. The van der Waals surface area contributed by atoms with Gasteiger partial charge in [-0.15, -0.1) is 11.8 Å². The number of allylic oxidation sites excluding steroid dienone is 1. The van der Waals surface area contributed by atoms with E-state index in [4.69, 9.17) is 16.3 Å². The van der Waals surface area contributed by atoms with Crippen LogP contribution in [0.4, 0.5) is 30.2 Å². The van der Waals surface area contributed by atoms with Gasteiger partial charge in [-0.05, 0) is 146 Å². The Morgan fingerprint density at radius 2 is 1.49 bits per heavy atom. The number of alkyl halides is 3. The molecule has 0 radical (unpaired) electrons. The molecule has 25 heteroatoms. The molecule has 0 aromatic heterocycles. The summed E-state index contributed by atoms with van der Waals surface area (Å²) in [7, 11) is -11.0. The molecule has 0 bridgehead atoms. The zero-order valence-electron chi connectivity index (χ0n) is 50.2. The number of carbonyl (C=O) groups excluding carboxylic acids is 4. The third-order valence-corrected chi connectivity index (χ3v) is 22.4. The van der Waals surface area contributed by atoms with Crippen molar-refractivity contribution < 1.29 is 53.9 Å². The maximum atomic E-state index is 14.4. The molecule has 480 valence electrons. The summed E-state index contributed by atoms with van der Waals surface area (Å²) in [6.45, 7) is 13.9. The Balaban J connectivity index is 0.703. The molecule has 4 saturated heterocycles. The van der Waals surface area contributed by atoms with Crippen molar-refractivity contribution in [3.8, 4) is 0 Å². The van der Waals surface area contributed by atoms with E-state index in [1.54, 1.807) is 17.0 Å². The number of rotatable bonds is 20. The lowest BCUT2D eigenvalue weighted by molar-refractivity contribution is -0.136. The first-order valence-corrected chi connectivity index (χ1v) is 35.0. The molecule has 90 heavy (non-hydrogen) atoms. The van der Waals surface area contributed by atoms with Crippen molar-refractivity contribution in [1.29, 1.82) is 0 Å². The second-order valence-electron chi connectivity index (χ2n) is 24.5. The van der Waals surface area contributed by atoms with Crippen molar-refractivity contribution in [2.75, 3.05) is 119 Å². The molecule has 3 N–H and O–H groups in total. The summed E-state index contributed by atoms with van der Waals surface area (Å²) in [6.07, 6.45) is 4.64. The summed E-state index contributed by atoms with van der Waals surface area (Å²) >= 11 is 7.82. The van der Waals surface area contributed by atoms with Gasteiger partial charge in [0.15, 0.2) is 0 Å². The quantitative estimate of drug-likeness (QED) is 0.0493. The predicted octanol–water partition coefficient (Wildman–Crippen LogP) is 8.79. The number of fused-ring (bicyclic) bond motifs is 1. The fraction of sp³-hybridized carbons (Fsp3) is 0.446. The Bertz CT molecular complexity index is 3710. The number of imide groups is 1. The number of ether oxygens (including phenoxy) is 1. The van der Waals surface area contributed by atoms with E-state index in [9.17, 15) is 49.2 Å². The second-order valence-corrected chi connectivity index (χ2v) is 29.6. The molecule has 0 saturated carbocycles. The van der Waals surface area contributed by atoms with E-state index >= 15 is 0 Å². The molecule has 5 aromatic rings. The highest BCUT2D eigenvalue weighted by atomic mass is 35.5. The van der Waals surface area contributed by atoms with Crippen molar-refractivity contribution in [3.63, 3.8) is 0 Å². The van der Waals surface area contributed by atoms with Crippen LogP contribution in [0.15, 0.2) is 136 Å². The van der Waals surface area contributed by atoms with Crippen LogP contribution >= 0.6 is 23.4 Å². The zero-order chi connectivity index (χ0) is 63.4. The van der Waals surface area contributed by atoms with Crippen molar-refractivity contribution in [3.05, 3.63) is 148 Å². The number of nitrogens with zero attached hydrogens (tertiary/aromatic N) is 6. The number of sulfone groups is 1. The molecule has 4 amide bonds. The Labute approximate surface area is 533 Å². The molecule has 11 rings (SSSR count). The highest BCUT2D eigenvalue weighted by Crippen LogP contribution is 2.45. The molecule has 6 aliphatic rings. The van der Waals surface area contributed by atoms with Gasteiger partial charge in [0.05, 0.1) is 17.2 Å². The summed E-state index contributed by atoms with van der Waals surface area (Å²) in [5.41, 5.74) is 1.09. The van der Waals surface area contributed by atoms with Crippen LogP contribution in [0.3, 0.4) is 0 Å². The Morgan fingerprint density at radius 1 is 0.789 bits per heavy atom. The average molecular weight is 1320 g/mol. The summed E-state index contributed by atoms with van der Waals surface area (Å²) in [5, 5.41) is 6.07. The number of sulfonamides is 1. The first-order chi connectivity index (χ1) is 43.1. The Kier molecular flexibility index (Phi) is 20.0. The topological polar surface area (TPSA) is 201 Å². The van der Waals surface area contributed by atoms with Crippen LogP contribution in [0.1, 0.15) is 83.7 Å². The maximum Gasteiger partial charge on any atom is 0.501 e. The minimum Gasteiger partial charge on any atom is -0.380 e. The first-order valence-electron chi connectivity index (χ1n) is 30.6. The molecular formula is C65H75ClF3N9O9S3. The van der Waals surface area contributed by atoms with E-state index < -0.39 is 64.7 Å². The minimum atomic E-state index is -6.10. The minimum absolute atomic E-state index is 0.0179. The van der Waals surface area contributed by atoms with E-state index in [1.165, 1.54) is 40.6 Å². The first kappa shape index (κ1) is 65.0. The van der Waals surface area contributed by atoms with Crippen molar-refractivity contribution in [2.24, 2.45) is 5.41 Å². The number of nitrogens with one attached hydrogen (secondary N) is 3. The standard InChI is InChI=1S/C65H75ClF3N9O9S3/c1-64(44-75-29-33-77(34-30-75)52-16-18-56-47(38-52)42-78(63(56)82)58-20-21-60(79)71-62(58)81)24-22-55(45-8-12-49(66)13-9-45)48(40-64)41-74-27-31-76(32-28-74)51-14-10-46(11-15-51)61(80)72-90(85,86)54-17-19-57(59(39-54)89(83,84)65(67,68)69)70-50(43-88-53-6-3-2-4-7-53)23-26-73-25-5-36-87-37-35-73/h2-4,6-19,38-39,50,58,70H,5,20-37,40-44H2,1H3,(H,72,80)(H,71,79,81)/t50-,58?,64-/m1/s1. The van der Waals surface area contributed by atoms with Gasteiger partial charge in [0.2, 0.25) is 11.8 Å². The molecule has 1 unspecified atom stereocenters. The molecule has 1 aliphatic carbocycles. The van der Waals surface area contributed by atoms with Crippen LogP contribution < -0.4 is 25.2 Å². The van der Waals surface area contributed by atoms with Gasteiger partial charge >= 0.3 is 5.51 Å². The fourth-order valence-corrected chi connectivity index (χ4v) is 16.3. The summed E-state index contributed by atoms with van der Waals surface area (Å²) in [5.74, 6) is -1.61. The number of hydrogen-bond acceptors (Lipinski definition) is 16. The fourth-order valence-electron chi connectivity index (χ4n) is 13.2. The largest absolute Gasteiger partial charge is 0.501 e. The number of halogens is 4. The van der Waals surface area contributed by atoms with Crippen LogP contribution in [0.2, 0.25) is 5.02 Å². The number of carbonyl (C=O) groups is 4. The number of piperidine rings is 1. The summed E-state index contributed by atoms with van der Waals surface area (Å²) in [4.78, 5) is 63.6. The zero-order valence-corrected chi connectivity index (χ0v) is 53.4. The molecule has 5 heterocycles. The second kappa shape index (κ2) is 27.8. The average Bonchev–Trinajstić information content (AvgIpc) is 1.14. The highest BCUT2D eigenvalue weighted by Gasteiger charge is 2.49. The maximum absolute atomic E-state index is 14.4. The van der Waals surface area contributed by atoms with E-state index in [-0.39, 0.29) is 29.2 Å². The Morgan fingerprint density at radius 3 is 2.20 bits per heavy atom. The predicted molar refractivity (Wildman–Crippen MR) is 342 cm³/mol. The summed E-state index contributed by atoms with van der Waals surface area (Å²) < 4.78 is 105. The number of piperazine rings is 2. The summed E-state index contributed by atoms with van der Waals surface area (Å²) in [6, 6.07) is 31.0. The van der Waals surface area contributed by atoms with Gasteiger partial charge in [0.1, 0.15) is 10.9 Å². The van der Waals surface area contributed by atoms with Crippen LogP contribution in [-0.4, -0.2) is 182 Å². The number of anilines is 3. The van der Waals surface area contributed by atoms with Crippen molar-refractivity contribution in [2.45, 2.75) is 90.7 Å². The van der Waals surface area contributed by atoms with Gasteiger partial charge in [-0.25, -0.2) is 21.6 Å². The molecule has 18 nitrogen and oxygen atoms in total. The van der Waals surface area contributed by atoms with Crippen LogP contribution in [0.25, 0.3) is 5.57 Å². The SMILES string of the molecule is C[C@@]1(CN2CCN(c3ccc4c(c3)CN(C3CCC(=O)NC3=O)C4=O)CC2)CCC(c2ccc(Cl)cc2)=C(CN2CCN(c3ccc(C(=O)NS(=O)(=O)c4ccc(N[C@H](CCN5CCCOCC5)CSc5ccccc5)c(S(=O)(=O)C(F)(F)F)c4)cc3)CC2)C1. The number of benzene rings is 5. The molecule has 3 atom stereocenters. The van der Waals surface area contributed by atoms with Gasteiger partial charge in [-0.1, -0.05) is 54.4 Å². The van der Waals surface area contributed by atoms with Crippen molar-refractivity contribution >= 4 is 89.5 Å². The molecule has 4 fully saturated rings. The third kappa shape index (κ3) is 15.3. The number of amides is 4. The third-order valence-electron chi connectivity index (χ3n) is 18.1. The van der Waals surface area contributed by atoms with Crippen LogP contribution in [0, 0.1) is 5.41 Å². The smallest absolute Gasteiger partial charge is 0.380 e. The van der Waals surface area contributed by atoms with Gasteiger partial charge in [0.25, 0.3) is 31.7 Å². The monoisotopic (exact) mass is 1310 g/mol. The lowest BCUT2D eigenvalue weighted by Gasteiger charge is -2.44. The molecule has 5 aromatic carbocycles. The van der Waals surface area contributed by atoms with Gasteiger partial charge in [-0.2, -0.15) is 13.2 Å². The lowest BCUT2D eigenvalue weighted by Crippen LogP contribution is -2.52. The van der Waals surface area contributed by atoms with E-state index in [0.29, 0.717) is 81.2 Å². The highest BCUT2D eigenvalue weighted by molar-refractivity contribution is 7.99. The van der Waals surface area contributed by atoms with Gasteiger partial charge < -0.3 is 29.7 Å². The molecule has 5 aliphatic heterocycles. The van der Waals surface area contributed by atoms with E-state index in [1.807, 2.05) is 59.3 Å². The van der Waals surface area contributed by atoms with Crippen molar-refractivity contribution in [1.82, 2.24) is 29.6 Å². The normalized spacial score (nSPS) is 21.5. The molecular weight excluding hydrogens is 1240 g/mol. The number of thioether (sulfide) groups is 1. The number of hydrogen-bond donors (Lipinski definition) is 3. The van der Waals surface area contributed by atoms with E-state index in [0.717, 1.165) is 119 Å². The Hall–Kier alpha value is -6.51. The van der Waals surface area contributed by atoms with E-state index in [2.05, 4.69) is 60.3 Å². The van der Waals surface area contributed by atoms with Gasteiger partial charge in [0, 0.05) is 149 Å². The van der Waals surface area contributed by atoms with Gasteiger partial charge in [-0.3, -0.25) is 34.3 Å². The van der Waals surface area contributed by atoms with Crippen LogP contribution in [-0.2, 0) is 40.7 Å². The lowest BCUT2D eigenvalue weighted by atomic mass is 9.71. The van der Waals surface area contributed by atoms with Crippen LogP contribution in [0.5, 0.6) is 0 Å².